The highest BCUT2D eigenvalue weighted by atomic mass is 19.4. The van der Waals surface area contributed by atoms with Gasteiger partial charge in [0, 0.05) is 17.7 Å². The molecule has 25 heavy (non-hydrogen) atoms. The summed E-state index contributed by atoms with van der Waals surface area (Å²) in [4.78, 5) is 11.9. The molecule has 0 saturated heterocycles. The van der Waals surface area contributed by atoms with Crippen LogP contribution in [0.3, 0.4) is 0 Å². The lowest BCUT2D eigenvalue weighted by Crippen LogP contribution is -2.14. The Morgan fingerprint density at radius 1 is 0.920 bits per heavy atom. The molecular weight excluding hydrogens is 354 g/mol. The maximum atomic E-state index is 12.9. The van der Waals surface area contributed by atoms with Crippen molar-refractivity contribution >= 4 is 5.71 Å². The first-order chi connectivity index (χ1) is 11.4. The fourth-order valence-electron chi connectivity index (χ4n) is 2.26. The molecule has 0 aliphatic heterocycles. The Labute approximate surface area is 135 Å². The molecule has 2 heterocycles. The van der Waals surface area contributed by atoms with Crippen molar-refractivity contribution in [2.45, 2.75) is 19.3 Å². The topological polar surface area (TPSA) is 47.5 Å². The summed E-state index contributed by atoms with van der Waals surface area (Å²) in [7, 11) is 0. The molecule has 10 heteroatoms. The molecular formula is C15H8F6N2O2. The highest BCUT2D eigenvalue weighted by molar-refractivity contribution is 5.61. The molecule has 3 rings (SSSR count). The van der Waals surface area contributed by atoms with Crippen LogP contribution >= 0.6 is 0 Å². The van der Waals surface area contributed by atoms with E-state index in [4.69, 9.17) is 4.42 Å². The van der Waals surface area contributed by atoms with Crippen LogP contribution in [0.25, 0.3) is 17.0 Å². The summed E-state index contributed by atoms with van der Waals surface area (Å²) in [6.07, 6.45) is -9.98. The Kier molecular flexibility index (Phi) is 3.66. The monoisotopic (exact) mass is 362 g/mol. The fraction of sp³-hybridized carbons (Fsp3) is 0.200. The molecule has 0 amide bonds. The van der Waals surface area contributed by atoms with Gasteiger partial charge in [-0.3, -0.25) is 4.79 Å². The predicted octanol–water partition coefficient (Wildman–Crippen LogP) is 4.30. The number of fused-ring (bicyclic) bond motifs is 1. The van der Waals surface area contributed by atoms with Gasteiger partial charge in [0.05, 0.1) is 16.8 Å². The summed E-state index contributed by atoms with van der Waals surface area (Å²) < 4.78 is 83.6. The van der Waals surface area contributed by atoms with E-state index < -0.39 is 40.4 Å². The Hall–Kier alpha value is -2.78. The van der Waals surface area contributed by atoms with Crippen molar-refractivity contribution in [3.63, 3.8) is 0 Å². The van der Waals surface area contributed by atoms with Crippen molar-refractivity contribution in [2.24, 2.45) is 0 Å². The quantitative estimate of drug-likeness (QED) is 0.607. The van der Waals surface area contributed by atoms with E-state index in [0.717, 1.165) is 10.6 Å². The first-order valence-electron chi connectivity index (χ1n) is 6.75. The second-order valence-electron chi connectivity index (χ2n) is 5.28. The van der Waals surface area contributed by atoms with Crippen molar-refractivity contribution < 1.29 is 30.8 Å². The van der Waals surface area contributed by atoms with Crippen molar-refractivity contribution in [1.29, 1.82) is 0 Å². The number of rotatable bonds is 1. The third-order valence-corrected chi connectivity index (χ3v) is 3.35. The molecule has 3 aromatic rings. The summed E-state index contributed by atoms with van der Waals surface area (Å²) in [5.74, 6) is -0.422. The van der Waals surface area contributed by atoms with Gasteiger partial charge in [-0.05, 0) is 25.1 Å². The number of alkyl halides is 6. The van der Waals surface area contributed by atoms with Gasteiger partial charge in [-0.2, -0.15) is 36.0 Å². The highest BCUT2D eigenvalue weighted by Crippen LogP contribution is 2.38. The Balaban J connectivity index is 2.27. The third-order valence-electron chi connectivity index (χ3n) is 3.35. The van der Waals surface area contributed by atoms with Crippen LogP contribution in [-0.4, -0.2) is 9.61 Å². The van der Waals surface area contributed by atoms with Crippen LogP contribution in [0.1, 0.15) is 16.8 Å². The molecule has 0 aliphatic carbocycles. The van der Waals surface area contributed by atoms with Gasteiger partial charge in [0.25, 0.3) is 5.56 Å². The van der Waals surface area contributed by atoms with Crippen molar-refractivity contribution in [2.75, 3.05) is 0 Å². The average molecular weight is 362 g/mol. The molecule has 0 unspecified atom stereocenters. The summed E-state index contributed by atoms with van der Waals surface area (Å²) in [5.41, 5.74) is -3.94. The lowest BCUT2D eigenvalue weighted by atomic mass is 10.0. The van der Waals surface area contributed by atoms with Gasteiger partial charge < -0.3 is 4.42 Å². The van der Waals surface area contributed by atoms with Crippen molar-refractivity contribution in [1.82, 2.24) is 9.61 Å². The van der Waals surface area contributed by atoms with Gasteiger partial charge in [-0.1, -0.05) is 0 Å². The maximum Gasteiger partial charge on any atom is 0.416 e. The Morgan fingerprint density at radius 2 is 1.48 bits per heavy atom. The van der Waals surface area contributed by atoms with Gasteiger partial charge in [0.15, 0.2) is 0 Å². The van der Waals surface area contributed by atoms with E-state index in [1.807, 2.05) is 0 Å². The van der Waals surface area contributed by atoms with Crippen LogP contribution in [0.15, 0.2) is 39.5 Å². The van der Waals surface area contributed by atoms with Gasteiger partial charge in [0.1, 0.15) is 5.76 Å². The first kappa shape index (κ1) is 17.1. The molecule has 0 atom stereocenters. The molecule has 132 valence electrons. The van der Waals surface area contributed by atoms with E-state index in [-0.39, 0.29) is 11.8 Å². The summed E-state index contributed by atoms with van der Waals surface area (Å²) >= 11 is 0. The zero-order valence-electron chi connectivity index (χ0n) is 12.4. The SMILES string of the molecule is Cc1cc2oc(-c3cc(C(F)(F)F)cc(C(F)(F)F)c3)cc(=O)n2n1. The molecule has 0 saturated carbocycles. The summed E-state index contributed by atoms with van der Waals surface area (Å²) in [6.45, 7) is 1.55. The largest absolute Gasteiger partial charge is 0.438 e. The van der Waals surface area contributed by atoms with Crippen LogP contribution in [0, 0.1) is 6.92 Å². The van der Waals surface area contributed by atoms with Crippen LogP contribution < -0.4 is 5.56 Å². The first-order valence-corrected chi connectivity index (χ1v) is 6.75. The number of aryl methyl sites for hydroxylation is 1. The van der Waals surface area contributed by atoms with Gasteiger partial charge in [-0.15, -0.1) is 0 Å². The second-order valence-corrected chi connectivity index (χ2v) is 5.28. The van der Waals surface area contributed by atoms with Gasteiger partial charge >= 0.3 is 12.4 Å². The molecule has 4 nitrogen and oxygen atoms in total. The standard InChI is InChI=1S/C15H8F6N2O2/c1-7-2-13-23(22-7)12(24)6-11(25-13)8-3-9(14(16,17)18)5-10(4-8)15(19,20)21/h2-6H,1H3. The fourth-order valence-corrected chi connectivity index (χ4v) is 2.26. The van der Waals surface area contributed by atoms with E-state index in [1.165, 1.54) is 6.07 Å². The molecule has 0 radical (unpaired) electrons. The number of benzene rings is 1. The van der Waals surface area contributed by atoms with E-state index in [9.17, 15) is 31.1 Å². The summed E-state index contributed by atoms with van der Waals surface area (Å²) in [5, 5.41) is 3.81. The number of halogens is 6. The number of nitrogens with zero attached hydrogens (tertiary/aromatic N) is 2. The van der Waals surface area contributed by atoms with Crippen molar-refractivity contribution in [3.05, 3.63) is 57.5 Å². The van der Waals surface area contributed by atoms with Gasteiger partial charge in [-0.25, -0.2) is 0 Å². The lowest BCUT2D eigenvalue weighted by Gasteiger charge is -2.13. The molecule has 0 aliphatic rings. The average Bonchev–Trinajstić information content (AvgIpc) is 2.86. The molecule has 1 aromatic carbocycles. The van der Waals surface area contributed by atoms with Gasteiger partial charge in [0.2, 0.25) is 5.71 Å². The number of hydrogen-bond donors (Lipinski definition) is 0. The zero-order chi connectivity index (χ0) is 18.6. The van der Waals surface area contributed by atoms with E-state index in [1.54, 1.807) is 6.92 Å². The van der Waals surface area contributed by atoms with Crippen molar-refractivity contribution in [3.8, 4) is 11.3 Å². The number of hydrogen-bond acceptors (Lipinski definition) is 3. The Morgan fingerprint density at radius 3 is 2.00 bits per heavy atom. The normalized spacial score (nSPS) is 12.8. The molecule has 0 spiro atoms. The maximum absolute atomic E-state index is 12.9. The third kappa shape index (κ3) is 3.24. The minimum absolute atomic E-state index is 0.00308. The molecule has 0 bridgehead atoms. The summed E-state index contributed by atoms with van der Waals surface area (Å²) in [6, 6.07) is 3.11. The molecule has 0 N–H and O–H groups in total. The van der Waals surface area contributed by atoms with Crippen LogP contribution in [0.5, 0.6) is 0 Å². The van der Waals surface area contributed by atoms with Crippen LogP contribution in [0.4, 0.5) is 26.3 Å². The molecule has 2 aromatic heterocycles. The van der Waals surface area contributed by atoms with E-state index in [2.05, 4.69) is 5.10 Å². The van der Waals surface area contributed by atoms with E-state index >= 15 is 0 Å². The lowest BCUT2D eigenvalue weighted by molar-refractivity contribution is -0.143. The number of aromatic nitrogens is 2. The minimum atomic E-state index is -4.99. The smallest absolute Gasteiger partial charge is 0.416 e. The zero-order valence-corrected chi connectivity index (χ0v) is 12.4. The highest BCUT2D eigenvalue weighted by Gasteiger charge is 2.37. The minimum Gasteiger partial charge on any atom is -0.438 e. The Bertz CT molecular complexity index is 981. The van der Waals surface area contributed by atoms with Crippen LogP contribution in [-0.2, 0) is 12.4 Å². The van der Waals surface area contributed by atoms with E-state index in [0.29, 0.717) is 17.8 Å². The molecule has 0 fully saturated rings. The predicted molar refractivity (Wildman–Crippen MR) is 73.9 cm³/mol. The second kappa shape index (κ2) is 5.36. The van der Waals surface area contributed by atoms with Crippen LogP contribution in [0.2, 0.25) is 0 Å².